The minimum atomic E-state index is -1.06. The smallest absolute Gasteiger partial charge is 0.248 e. The molecule has 1 heterocycles. The van der Waals surface area contributed by atoms with Gasteiger partial charge in [-0.05, 0) is 24.6 Å². The van der Waals surface area contributed by atoms with Gasteiger partial charge in [-0.1, -0.05) is 42.6 Å². The summed E-state index contributed by atoms with van der Waals surface area (Å²) in [6.45, 7) is 2.13. The molecule has 0 saturated carbocycles. The molecule has 3 rings (SSSR count). The monoisotopic (exact) mass is 427 g/mol. The van der Waals surface area contributed by atoms with E-state index in [1.54, 1.807) is 18.2 Å². The number of halogens is 3. The minimum absolute atomic E-state index is 0.121. The second kappa shape index (κ2) is 8.99. The SMILES string of the molecule is CCCC(O)C(=O)NC[C@H]1COc2cc(F)cc(-c3c(Cl)cccc3Cl)c2O1. The number of fused-ring (bicyclic) bond motifs is 1. The maximum absolute atomic E-state index is 14.1. The number of aliphatic hydroxyl groups excluding tert-OH is 1. The lowest BCUT2D eigenvalue weighted by Gasteiger charge is -2.29. The average molecular weight is 428 g/mol. The first-order valence-corrected chi connectivity index (χ1v) is 9.69. The van der Waals surface area contributed by atoms with Crippen molar-refractivity contribution in [1.82, 2.24) is 5.32 Å². The number of nitrogens with one attached hydrogen (secondary N) is 1. The molecule has 1 unspecified atom stereocenters. The number of benzene rings is 2. The van der Waals surface area contributed by atoms with Crippen LogP contribution in [0, 0.1) is 5.82 Å². The van der Waals surface area contributed by atoms with Gasteiger partial charge in [0.1, 0.15) is 24.6 Å². The van der Waals surface area contributed by atoms with Gasteiger partial charge in [0, 0.05) is 17.2 Å². The molecular formula is C20H20Cl2FNO4. The Bertz CT molecular complexity index is 857. The zero-order valence-corrected chi connectivity index (χ0v) is 16.7. The Morgan fingerprint density at radius 2 is 2.07 bits per heavy atom. The van der Waals surface area contributed by atoms with Crippen molar-refractivity contribution in [2.45, 2.75) is 32.0 Å². The molecule has 0 bridgehead atoms. The van der Waals surface area contributed by atoms with Crippen molar-refractivity contribution in [2.24, 2.45) is 0 Å². The summed E-state index contributed by atoms with van der Waals surface area (Å²) in [5.74, 6) is -0.442. The largest absolute Gasteiger partial charge is 0.486 e. The Balaban J connectivity index is 1.83. The van der Waals surface area contributed by atoms with Crippen LogP contribution in [0.4, 0.5) is 4.39 Å². The number of rotatable bonds is 6. The Hall–Kier alpha value is -2.02. The minimum Gasteiger partial charge on any atom is -0.486 e. The summed E-state index contributed by atoms with van der Waals surface area (Å²) in [7, 11) is 0. The van der Waals surface area contributed by atoms with Crippen molar-refractivity contribution < 1.29 is 23.8 Å². The Morgan fingerprint density at radius 3 is 2.75 bits per heavy atom. The quantitative estimate of drug-likeness (QED) is 0.723. The van der Waals surface area contributed by atoms with Crippen LogP contribution in [0.1, 0.15) is 19.8 Å². The van der Waals surface area contributed by atoms with E-state index in [4.69, 9.17) is 32.7 Å². The standard InChI is InChI=1S/C20H20Cl2FNO4/c1-2-4-16(25)20(26)24-9-12-10-27-17-8-11(23)7-13(19(17)28-12)18-14(21)5-3-6-15(18)22/h3,5-8,12,16,25H,2,4,9-10H2,1H3,(H,24,26)/t12-,16?/m0/s1. The summed E-state index contributed by atoms with van der Waals surface area (Å²) in [5, 5.41) is 13.1. The van der Waals surface area contributed by atoms with Gasteiger partial charge in [0.2, 0.25) is 5.91 Å². The Kier molecular flexibility index (Phi) is 6.65. The number of amides is 1. The fraction of sp³-hybridized carbons (Fsp3) is 0.350. The third-order valence-corrected chi connectivity index (χ3v) is 4.96. The molecule has 0 saturated heterocycles. The fourth-order valence-corrected chi connectivity index (χ4v) is 3.56. The van der Waals surface area contributed by atoms with Gasteiger partial charge in [0.05, 0.1) is 16.6 Å². The highest BCUT2D eigenvalue weighted by Gasteiger charge is 2.28. The van der Waals surface area contributed by atoms with Crippen LogP contribution in [-0.4, -0.2) is 36.4 Å². The number of hydrogen-bond acceptors (Lipinski definition) is 4. The van der Waals surface area contributed by atoms with Gasteiger partial charge >= 0.3 is 0 Å². The molecule has 0 fully saturated rings. The van der Waals surface area contributed by atoms with Crippen LogP contribution >= 0.6 is 23.2 Å². The second-order valence-electron chi connectivity index (χ2n) is 6.48. The highest BCUT2D eigenvalue weighted by Crippen LogP contribution is 2.46. The molecule has 28 heavy (non-hydrogen) atoms. The molecule has 1 amide bonds. The maximum Gasteiger partial charge on any atom is 0.248 e. The first kappa shape index (κ1) is 20.7. The van der Waals surface area contributed by atoms with Crippen molar-refractivity contribution in [3.05, 3.63) is 46.2 Å². The van der Waals surface area contributed by atoms with E-state index >= 15 is 0 Å². The zero-order valence-electron chi connectivity index (χ0n) is 15.2. The zero-order chi connectivity index (χ0) is 20.3. The van der Waals surface area contributed by atoms with Crippen LogP contribution in [-0.2, 0) is 4.79 Å². The van der Waals surface area contributed by atoms with E-state index < -0.39 is 23.9 Å². The van der Waals surface area contributed by atoms with E-state index in [2.05, 4.69) is 5.32 Å². The molecule has 150 valence electrons. The highest BCUT2D eigenvalue weighted by molar-refractivity contribution is 6.39. The van der Waals surface area contributed by atoms with Crippen LogP contribution in [0.2, 0.25) is 10.0 Å². The molecule has 2 aromatic rings. The molecule has 5 nitrogen and oxygen atoms in total. The van der Waals surface area contributed by atoms with Crippen LogP contribution in [0.25, 0.3) is 11.1 Å². The summed E-state index contributed by atoms with van der Waals surface area (Å²) in [6.07, 6.45) is -0.506. The molecule has 0 aliphatic carbocycles. The Labute approximate surface area is 172 Å². The number of ether oxygens (including phenoxy) is 2. The topological polar surface area (TPSA) is 67.8 Å². The molecule has 0 radical (unpaired) electrons. The van der Waals surface area contributed by atoms with Crippen molar-refractivity contribution in [1.29, 1.82) is 0 Å². The van der Waals surface area contributed by atoms with Crippen LogP contribution in [0.3, 0.4) is 0 Å². The van der Waals surface area contributed by atoms with E-state index in [1.807, 2.05) is 6.92 Å². The first-order chi connectivity index (χ1) is 13.4. The van der Waals surface area contributed by atoms with E-state index in [0.717, 1.165) is 0 Å². The summed E-state index contributed by atoms with van der Waals surface area (Å²) in [5.41, 5.74) is 0.806. The van der Waals surface area contributed by atoms with Crippen molar-refractivity contribution >= 4 is 29.1 Å². The molecule has 1 aliphatic rings. The maximum atomic E-state index is 14.1. The van der Waals surface area contributed by atoms with E-state index in [9.17, 15) is 14.3 Å². The molecule has 1 aliphatic heterocycles. The number of carbonyl (C=O) groups excluding carboxylic acids is 1. The Morgan fingerprint density at radius 1 is 1.36 bits per heavy atom. The van der Waals surface area contributed by atoms with Crippen LogP contribution < -0.4 is 14.8 Å². The second-order valence-corrected chi connectivity index (χ2v) is 7.29. The van der Waals surface area contributed by atoms with Gasteiger partial charge in [0.25, 0.3) is 0 Å². The van der Waals surface area contributed by atoms with Crippen LogP contribution in [0.15, 0.2) is 30.3 Å². The van der Waals surface area contributed by atoms with Crippen molar-refractivity contribution in [2.75, 3.05) is 13.2 Å². The van der Waals surface area contributed by atoms with Crippen molar-refractivity contribution in [3.8, 4) is 22.6 Å². The predicted molar refractivity (Wildman–Crippen MR) is 106 cm³/mol. The molecule has 8 heteroatoms. The molecular weight excluding hydrogens is 408 g/mol. The van der Waals surface area contributed by atoms with Gasteiger partial charge in [-0.15, -0.1) is 0 Å². The normalized spacial score (nSPS) is 16.5. The molecule has 2 N–H and O–H groups in total. The average Bonchev–Trinajstić information content (AvgIpc) is 2.66. The fourth-order valence-electron chi connectivity index (χ4n) is 2.96. The third-order valence-electron chi connectivity index (χ3n) is 4.33. The molecule has 2 atom stereocenters. The van der Waals surface area contributed by atoms with Gasteiger partial charge in [-0.2, -0.15) is 0 Å². The molecule has 2 aromatic carbocycles. The van der Waals surface area contributed by atoms with Crippen LogP contribution in [0.5, 0.6) is 11.5 Å². The number of carbonyl (C=O) groups is 1. The lowest BCUT2D eigenvalue weighted by molar-refractivity contribution is -0.130. The number of aliphatic hydroxyl groups is 1. The van der Waals surface area contributed by atoms with Gasteiger partial charge in [-0.25, -0.2) is 4.39 Å². The van der Waals surface area contributed by atoms with E-state index in [-0.39, 0.29) is 18.9 Å². The summed E-state index contributed by atoms with van der Waals surface area (Å²) in [4.78, 5) is 11.9. The highest BCUT2D eigenvalue weighted by atomic mass is 35.5. The van der Waals surface area contributed by atoms with Gasteiger partial charge < -0.3 is 19.9 Å². The summed E-state index contributed by atoms with van der Waals surface area (Å²) < 4.78 is 25.7. The molecule has 0 aromatic heterocycles. The van der Waals surface area contributed by atoms with Crippen molar-refractivity contribution in [3.63, 3.8) is 0 Å². The van der Waals surface area contributed by atoms with Gasteiger partial charge in [0.15, 0.2) is 11.5 Å². The lowest BCUT2D eigenvalue weighted by Crippen LogP contribution is -2.44. The van der Waals surface area contributed by atoms with E-state index in [1.165, 1.54) is 12.1 Å². The summed E-state index contributed by atoms with van der Waals surface area (Å²) >= 11 is 12.5. The third kappa shape index (κ3) is 4.51. The first-order valence-electron chi connectivity index (χ1n) is 8.93. The lowest BCUT2D eigenvalue weighted by atomic mass is 10.0. The number of hydrogen-bond donors (Lipinski definition) is 2. The summed E-state index contributed by atoms with van der Waals surface area (Å²) in [6, 6.07) is 7.50. The predicted octanol–water partition coefficient (Wildman–Crippen LogP) is 4.22. The van der Waals surface area contributed by atoms with E-state index in [0.29, 0.717) is 39.8 Å². The van der Waals surface area contributed by atoms with Gasteiger partial charge in [-0.3, -0.25) is 4.79 Å². The molecule has 0 spiro atoms.